The highest BCUT2D eigenvalue weighted by atomic mass is 32.1. The van der Waals surface area contributed by atoms with E-state index in [4.69, 9.17) is 0 Å². The fourth-order valence-electron chi connectivity index (χ4n) is 3.74. The van der Waals surface area contributed by atoms with E-state index >= 15 is 0 Å². The first kappa shape index (κ1) is 22.5. The van der Waals surface area contributed by atoms with Crippen LogP contribution in [0.4, 0.5) is 20.6 Å². The predicted octanol–water partition coefficient (Wildman–Crippen LogP) is 3.92. The highest BCUT2D eigenvalue weighted by Gasteiger charge is 2.23. The van der Waals surface area contributed by atoms with E-state index in [9.17, 15) is 18.8 Å². The van der Waals surface area contributed by atoms with E-state index in [1.165, 1.54) is 35.6 Å². The summed E-state index contributed by atoms with van der Waals surface area (Å²) in [5.74, 6) is -1.15. The average Bonchev–Trinajstić information content (AvgIpc) is 3.32. The first-order valence-corrected chi connectivity index (χ1v) is 11.4. The van der Waals surface area contributed by atoms with E-state index in [0.717, 1.165) is 29.0 Å². The van der Waals surface area contributed by atoms with Gasteiger partial charge < -0.3 is 15.5 Å². The van der Waals surface area contributed by atoms with Crippen molar-refractivity contribution in [1.29, 1.82) is 0 Å². The van der Waals surface area contributed by atoms with E-state index in [1.807, 2.05) is 40.6 Å². The summed E-state index contributed by atoms with van der Waals surface area (Å²) in [6, 6.07) is 14.1. The number of nitrogens with one attached hydrogen (secondary N) is 3. The molecule has 1 aliphatic heterocycles. The van der Waals surface area contributed by atoms with Crippen LogP contribution < -0.4 is 20.9 Å². The molecule has 2 aromatic carbocycles. The summed E-state index contributed by atoms with van der Waals surface area (Å²) >= 11 is 1.53. The molecule has 3 N–H and O–H groups in total. The van der Waals surface area contributed by atoms with Gasteiger partial charge in [-0.3, -0.25) is 14.9 Å². The van der Waals surface area contributed by atoms with Gasteiger partial charge in [-0.05, 0) is 66.2 Å². The number of carbonyl (C=O) groups excluding carboxylic acids is 3. The topological polar surface area (TPSA) is 90.5 Å². The maximum Gasteiger partial charge on any atom is 0.321 e. The minimum absolute atomic E-state index is 0.0226. The van der Waals surface area contributed by atoms with Gasteiger partial charge in [0.25, 0.3) is 5.91 Å². The maximum absolute atomic E-state index is 13.1. The maximum atomic E-state index is 13.1. The summed E-state index contributed by atoms with van der Waals surface area (Å²) in [4.78, 5) is 40.0. The number of anilines is 2. The Morgan fingerprint density at radius 1 is 1.03 bits per heavy atom. The molecule has 0 saturated heterocycles. The van der Waals surface area contributed by atoms with Crippen molar-refractivity contribution >= 4 is 40.6 Å². The predicted molar refractivity (Wildman–Crippen MR) is 126 cm³/mol. The largest absolute Gasteiger partial charge is 0.362 e. The minimum atomic E-state index is -0.536. The lowest BCUT2D eigenvalue weighted by atomic mass is 9.99. The summed E-state index contributed by atoms with van der Waals surface area (Å²) in [7, 11) is 0. The first-order chi connectivity index (χ1) is 16.0. The third-order valence-electron chi connectivity index (χ3n) is 5.29. The van der Waals surface area contributed by atoms with Gasteiger partial charge in [-0.1, -0.05) is 12.1 Å². The van der Waals surface area contributed by atoms with Crippen molar-refractivity contribution in [3.8, 4) is 0 Å². The molecule has 0 unspecified atom stereocenters. The molecule has 33 heavy (non-hydrogen) atoms. The lowest BCUT2D eigenvalue weighted by molar-refractivity contribution is -0.118. The molecule has 0 radical (unpaired) electrons. The standard InChI is InChI=1S/C24H23FN4O3S/c25-17-10-8-16(9-11-17)23(31)27-20-6-1-7-21-19(20)5-2-12-29(21)15-22(30)28-24(32)26-14-18-4-3-13-33-18/h1,3-4,6-11,13H,2,5,12,14-15H2,(H,27,31)(H2,26,28,30,32). The van der Waals surface area contributed by atoms with Crippen LogP contribution in [0, 0.1) is 5.82 Å². The fourth-order valence-corrected chi connectivity index (χ4v) is 4.39. The van der Waals surface area contributed by atoms with Crippen molar-refractivity contribution in [2.75, 3.05) is 23.3 Å². The van der Waals surface area contributed by atoms with Crippen LogP contribution in [0.5, 0.6) is 0 Å². The molecule has 170 valence electrons. The summed E-state index contributed by atoms with van der Waals surface area (Å²) in [6.07, 6.45) is 1.54. The molecule has 0 spiro atoms. The fraction of sp³-hybridized carbons (Fsp3) is 0.208. The van der Waals surface area contributed by atoms with Gasteiger partial charge in [0, 0.05) is 28.4 Å². The Morgan fingerprint density at radius 3 is 2.61 bits per heavy atom. The monoisotopic (exact) mass is 466 g/mol. The van der Waals surface area contributed by atoms with Crippen LogP contribution in [0.15, 0.2) is 60.0 Å². The zero-order valence-electron chi connectivity index (χ0n) is 17.8. The van der Waals surface area contributed by atoms with E-state index in [2.05, 4.69) is 16.0 Å². The Labute approximate surface area is 194 Å². The van der Waals surface area contributed by atoms with Gasteiger partial charge in [0.05, 0.1) is 13.1 Å². The van der Waals surface area contributed by atoms with Gasteiger partial charge in [-0.15, -0.1) is 11.3 Å². The van der Waals surface area contributed by atoms with Crippen molar-refractivity contribution in [3.63, 3.8) is 0 Å². The molecular weight excluding hydrogens is 443 g/mol. The number of hydrogen-bond donors (Lipinski definition) is 3. The number of imide groups is 1. The highest BCUT2D eigenvalue weighted by molar-refractivity contribution is 7.09. The molecule has 2 heterocycles. The van der Waals surface area contributed by atoms with Crippen LogP contribution in [0.2, 0.25) is 0 Å². The average molecular weight is 467 g/mol. The number of amides is 4. The molecule has 0 fully saturated rings. The highest BCUT2D eigenvalue weighted by Crippen LogP contribution is 2.33. The number of halogens is 1. The number of carbonyl (C=O) groups is 3. The second kappa shape index (κ2) is 10.3. The van der Waals surface area contributed by atoms with Gasteiger partial charge in [-0.2, -0.15) is 0 Å². The normalized spacial score (nSPS) is 12.6. The van der Waals surface area contributed by atoms with Crippen LogP contribution in [0.3, 0.4) is 0 Å². The Balaban J connectivity index is 1.39. The second-order valence-corrected chi connectivity index (χ2v) is 8.63. The smallest absolute Gasteiger partial charge is 0.321 e. The zero-order chi connectivity index (χ0) is 23.2. The van der Waals surface area contributed by atoms with Gasteiger partial charge in [-0.25, -0.2) is 9.18 Å². The lowest BCUT2D eigenvalue weighted by Crippen LogP contribution is -2.45. The van der Waals surface area contributed by atoms with Crippen molar-refractivity contribution in [1.82, 2.24) is 10.6 Å². The van der Waals surface area contributed by atoms with Crippen LogP contribution in [0.25, 0.3) is 0 Å². The van der Waals surface area contributed by atoms with Crippen molar-refractivity contribution in [2.24, 2.45) is 0 Å². The number of nitrogens with zero attached hydrogens (tertiary/aromatic N) is 1. The number of hydrogen-bond acceptors (Lipinski definition) is 5. The van der Waals surface area contributed by atoms with Crippen LogP contribution in [-0.4, -0.2) is 30.9 Å². The number of benzene rings is 2. The Kier molecular flexibility index (Phi) is 6.99. The molecule has 4 rings (SSSR count). The zero-order valence-corrected chi connectivity index (χ0v) is 18.6. The molecule has 1 aliphatic rings. The number of thiophene rings is 1. The van der Waals surface area contributed by atoms with Crippen LogP contribution >= 0.6 is 11.3 Å². The summed E-state index contributed by atoms with van der Waals surface area (Å²) in [6.45, 7) is 1.04. The summed E-state index contributed by atoms with van der Waals surface area (Å²) in [5.41, 5.74) is 2.77. The molecule has 0 aliphatic carbocycles. The van der Waals surface area contributed by atoms with E-state index < -0.39 is 17.8 Å². The molecule has 0 bridgehead atoms. The third kappa shape index (κ3) is 5.75. The van der Waals surface area contributed by atoms with E-state index in [-0.39, 0.29) is 12.5 Å². The molecule has 0 atom stereocenters. The quantitative estimate of drug-likeness (QED) is 0.514. The van der Waals surface area contributed by atoms with Crippen molar-refractivity contribution in [2.45, 2.75) is 19.4 Å². The Morgan fingerprint density at radius 2 is 1.85 bits per heavy atom. The van der Waals surface area contributed by atoms with Crippen molar-refractivity contribution in [3.05, 3.63) is 81.8 Å². The lowest BCUT2D eigenvalue weighted by Gasteiger charge is -2.32. The molecule has 1 aromatic heterocycles. The van der Waals surface area contributed by atoms with Gasteiger partial charge in [0.15, 0.2) is 0 Å². The molecule has 9 heteroatoms. The third-order valence-corrected chi connectivity index (χ3v) is 6.17. The van der Waals surface area contributed by atoms with Crippen LogP contribution in [0.1, 0.15) is 27.2 Å². The second-order valence-electron chi connectivity index (χ2n) is 7.60. The Bertz CT molecular complexity index is 1150. The molecule has 7 nitrogen and oxygen atoms in total. The van der Waals surface area contributed by atoms with Gasteiger partial charge in [0.2, 0.25) is 5.91 Å². The molecule has 0 saturated carbocycles. The summed E-state index contributed by atoms with van der Waals surface area (Å²) in [5, 5.41) is 9.85. The van der Waals surface area contributed by atoms with Crippen molar-refractivity contribution < 1.29 is 18.8 Å². The number of rotatable bonds is 6. The van der Waals surface area contributed by atoms with E-state index in [1.54, 1.807) is 0 Å². The SMILES string of the molecule is O=C(CN1CCCc2c(NC(=O)c3ccc(F)cc3)cccc21)NC(=O)NCc1cccs1. The summed E-state index contributed by atoms with van der Waals surface area (Å²) < 4.78 is 13.1. The molecule has 3 aromatic rings. The van der Waals surface area contributed by atoms with Gasteiger partial charge in [0.1, 0.15) is 5.82 Å². The number of urea groups is 1. The van der Waals surface area contributed by atoms with Crippen LogP contribution in [-0.2, 0) is 17.8 Å². The van der Waals surface area contributed by atoms with Gasteiger partial charge >= 0.3 is 6.03 Å². The van der Waals surface area contributed by atoms with E-state index in [0.29, 0.717) is 24.3 Å². The minimum Gasteiger partial charge on any atom is -0.362 e. The molecular formula is C24H23FN4O3S. The first-order valence-electron chi connectivity index (χ1n) is 10.5. The number of fused-ring (bicyclic) bond motifs is 1. The Hall–Kier alpha value is -3.72. The molecule has 4 amide bonds.